The molecule has 0 aromatic carbocycles. The average molecular weight is 246 g/mol. The van der Waals surface area contributed by atoms with Crippen LogP contribution in [0.4, 0.5) is 0 Å². The maximum absolute atomic E-state index is 12.1. The minimum Gasteiger partial charge on any atom is -0.372 e. The highest BCUT2D eigenvalue weighted by Crippen LogP contribution is 2.23. The van der Waals surface area contributed by atoms with E-state index in [0.29, 0.717) is 24.9 Å². The third kappa shape index (κ3) is 2.12. The molecule has 96 valence electrons. The Kier molecular flexibility index (Phi) is 3.04. The van der Waals surface area contributed by atoms with Crippen LogP contribution in [0, 0.1) is 6.92 Å². The van der Waals surface area contributed by atoms with Gasteiger partial charge in [0.1, 0.15) is 5.69 Å². The molecule has 0 spiro atoms. The van der Waals surface area contributed by atoms with Crippen molar-refractivity contribution in [3.05, 3.63) is 28.6 Å². The Labute approximate surface area is 107 Å². The lowest BCUT2D eigenvalue weighted by molar-refractivity contribution is 0.0932. The second-order valence-electron chi connectivity index (χ2n) is 5.18. The Morgan fingerprint density at radius 3 is 2.94 bits per heavy atom. The molecule has 2 aliphatic rings. The van der Waals surface area contributed by atoms with E-state index in [1.54, 1.807) is 0 Å². The van der Waals surface area contributed by atoms with E-state index >= 15 is 0 Å². The first kappa shape index (κ1) is 11.7. The molecule has 1 aliphatic heterocycles. The molecule has 0 radical (unpaired) electrons. The van der Waals surface area contributed by atoms with Crippen LogP contribution in [0.1, 0.15) is 53.0 Å². The molecule has 1 amide bonds. The van der Waals surface area contributed by atoms with E-state index in [4.69, 9.17) is 4.74 Å². The molecule has 4 nitrogen and oxygen atoms in total. The lowest BCUT2D eigenvalue weighted by Gasteiger charge is -2.12. The maximum atomic E-state index is 12.1. The van der Waals surface area contributed by atoms with Gasteiger partial charge < -0.3 is 10.1 Å². The van der Waals surface area contributed by atoms with Gasteiger partial charge in [0.05, 0.1) is 13.2 Å². The molecule has 1 saturated carbocycles. The van der Waals surface area contributed by atoms with Gasteiger partial charge in [-0.25, -0.2) is 4.98 Å². The van der Waals surface area contributed by atoms with Crippen molar-refractivity contribution < 1.29 is 9.53 Å². The van der Waals surface area contributed by atoms with Gasteiger partial charge in [-0.15, -0.1) is 0 Å². The third-order valence-corrected chi connectivity index (χ3v) is 3.85. The summed E-state index contributed by atoms with van der Waals surface area (Å²) >= 11 is 0. The fourth-order valence-electron chi connectivity index (χ4n) is 2.80. The van der Waals surface area contributed by atoms with Gasteiger partial charge in [-0.1, -0.05) is 12.8 Å². The quantitative estimate of drug-likeness (QED) is 0.869. The van der Waals surface area contributed by atoms with E-state index in [2.05, 4.69) is 10.3 Å². The first-order chi connectivity index (χ1) is 8.74. The SMILES string of the molecule is Cc1nc(C(=O)NC2CCCC2)cc2c1COC2. The van der Waals surface area contributed by atoms with Crippen LogP contribution in [0.5, 0.6) is 0 Å². The Morgan fingerprint density at radius 2 is 2.17 bits per heavy atom. The average Bonchev–Trinajstić information content (AvgIpc) is 2.98. The fraction of sp³-hybridized carbons (Fsp3) is 0.571. The van der Waals surface area contributed by atoms with Gasteiger partial charge in [-0.3, -0.25) is 4.79 Å². The Balaban J connectivity index is 1.79. The van der Waals surface area contributed by atoms with E-state index in [0.717, 1.165) is 29.7 Å². The molecule has 1 aliphatic carbocycles. The number of hydrogen-bond donors (Lipinski definition) is 1. The van der Waals surface area contributed by atoms with Crippen LogP contribution in [0.2, 0.25) is 0 Å². The smallest absolute Gasteiger partial charge is 0.270 e. The van der Waals surface area contributed by atoms with Crippen molar-refractivity contribution in [3.63, 3.8) is 0 Å². The van der Waals surface area contributed by atoms with Gasteiger partial charge in [-0.2, -0.15) is 0 Å². The standard InChI is InChI=1S/C14H18N2O2/c1-9-12-8-18-7-10(12)6-13(15-9)14(17)16-11-4-2-3-5-11/h6,11H,2-5,7-8H2,1H3,(H,16,17). The second-order valence-corrected chi connectivity index (χ2v) is 5.18. The van der Waals surface area contributed by atoms with Crippen molar-refractivity contribution in [1.29, 1.82) is 0 Å². The van der Waals surface area contributed by atoms with Crippen LogP contribution < -0.4 is 5.32 Å². The number of fused-ring (bicyclic) bond motifs is 1. The minimum absolute atomic E-state index is 0.0419. The molecule has 0 atom stereocenters. The summed E-state index contributed by atoms with van der Waals surface area (Å²) in [6, 6.07) is 2.21. The van der Waals surface area contributed by atoms with Crippen LogP contribution in [-0.2, 0) is 18.0 Å². The molecule has 4 heteroatoms. The van der Waals surface area contributed by atoms with E-state index in [9.17, 15) is 4.79 Å². The topological polar surface area (TPSA) is 51.2 Å². The van der Waals surface area contributed by atoms with Crippen molar-refractivity contribution in [1.82, 2.24) is 10.3 Å². The molecule has 1 aromatic rings. The summed E-state index contributed by atoms with van der Waals surface area (Å²) in [6.07, 6.45) is 4.63. The fourth-order valence-corrected chi connectivity index (χ4v) is 2.80. The van der Waals surface area contributed by atoms with Crippen LogP contribution in [0.25, 0.3) is 0 Å². The number of carbonyl (C=O) groups excluding carboxylic acids is 1. The highest BCUT2D eigenvalue weighted by molar-refractivity contribution is 5.92. The highest BCUT2D eigenvalue weighted by atomic mass is 16.5. The van der Waals surface area contributed by atoms with Crippen LogP contribution in [0.3, 0.4) is 0 Å². The Morgan fingerprint density at radius 1 is 1.39 bits per heavy atom. The van der Waals surface area contributed by atoms with E-state index in [1.807, 2.05) is 13.0 Å². The molecule has 1 N–H and O–H groups in total. The molecule has 0 saturated heterocycles. The van der Waals surface area contributed by atoms with E-state index in [1.165, 1.54) is 12.8 Å². The number of aromatic nitrogens is 1. The number of amides is 1. The molecule has 3 rings (SSSR count). The van der Waals surface area contributed by atoms with Crippen molar-refractivity contribution in [2.24, 2.45) is 0 Å². The van der Waals surface area contributed by atoms with Crippen molar-refractivity contribution in [2.45, 2.75) is 51.9 Å². The molecule has 1 fully saturated rings. The van der Waals surface area contributed by atoms with Gasteiger partial charge in [0.25, 0.3) is 5.91 Å². The summed E-state index contributed by atoms with van der Waals surface area (Å²) in [6.45, 7) is 3.17. The van der Waals surface area contributed by atoms with E-state index in [-0.39, 0.29) is 5.91 Å². The van der Waals surface area contributed by atoms with Gasteiger partial charge in [-0.05, 0) is 31.4 Å². The summed E-state index contributed by atoms with van der Waals surface area (Å²) in [5, 5.41) is 3.07. The van der Waals surface area contributed by atoms with Crippen LogP contribution >= 0.6 is 0 Å². The zero-order valence-corrected chi connectivity index (χ0v) is 10.7. The summed E-state index contributed by atoms with van der Waals surface area (Å²) in [4.78, 5) is 16.5. The number of carbonyl (C=O) groups is 1. The van der Waals surface area contributed by atoms with Crippen molar-refractivity contribution >= 4 is 5.91 Å². The summed E-state index contributed by atoms with van der Waals surface area (Å²) in [5.41, 5.74) is 3.71. The number of nitrogens with zero attached hydrogens (tertiary/aromatic N) is 1. The number of aryl methyl sites for hydroxylation is 1. The number of hydrogen-bond acceptors (Lipinski definition) is 3. The highest BCUT2D eigenvalue weighted by Gasteiger charge is 2.21. The summed E-state index contributed by atoms with van der Waals surface area (Å²) < 4.78 is 5.39. The number of pyridine rings is 1. The van der Waals surface area contributed by atoms with Gasteiger partial charge in [0.15, 0.2) is 0 Å². The molecule has 18 heavy (non-hydrogen) atoms. The Hall–Kier alpha value is -1.42. The number of ether oxygens (including phenoxy) is 1. The summed E-state index contributed by atoms with van der Waals surface area (Å²) in [7, 11) is 0. The zero-order valence-electron chi connectivity index (χ0n) is 10.7. The first-order valence-corrected chi connectivity index (χ1v) is 6.62. The molecule has 0 bridgehead atoms. The zero-order chi connectivity index (χ0) is 12.5. The van der Waals surface area contributed by atoms with E-state index < -0.39 is 0 Å². The molecule has 0 unspecified atom stereocenters. The molecule has 2 heterocycles. The molecular weight excluding hydrogens is 228 g/mol. The third-order valence-electron chi connectivity index (χ3n) is 3.85. The minimum atomic E-state index is -0.0419. The normalized spacial score (nSPS) is 18.9. The lowest BCUT2D eigenvalue weighted by Crippen LogP contribution is -2.33. The van der Waals surface area contributed by atoms with Crippen LogP contribution in [-0.4, -0.2) is 16.9 Å². The van der Waals surface area contributed by atoms with Gasteiger partial charge in [0.2, 0.25) is 0 Å². The molecule has 1 aromatic heterocycles. The monoisotopic (exact) mass is 246 g/mol. The lowest BCUT2D eigenvalue weighted by atomic mass is 10.1. The van der Waals surface area contributed by atoms with Crippen molar-refractivity contribution in [3.8, 4) is 0 Å². The largest absolute Gasteiger partial charge is 0.372 e. The number of rotatable bonds is 2. The van der Waals surface area contributed by atoms with Crippen LogP contribution in [0.15, 0.2) is 6.07 Å². The van der Waals surface area contributed by atoms with Crippen molar-refractivity contribution in [2.75, 3.05) is 0 Å². The predicted molar refractivity (Wildman–Crippen MR) is 67.2 cm³/mol. The van der Waals surface area contributed by atoms with Gasteiger partial charge >= 0.3 is 0 Å². The molecular formula is C14H18N2O2. The first-order valence-electron chi connectivity index (χ1n) is 6.62. The number of nitrogens with one attached hydrogen (secondary N) is 1. The Bertz CT molecular complexity index is 479. The van der Waals surface area contributed by atoms with Gasteiger partial charge in [0, 0.05) is 17.3 Å². The second kappa shape index (κ2) is 4.69. The predicted octanol–water partition coefficient (Wildman–Crippen LogP) is 2.09. The summed E-state index contributed by atoms with van der Waals surface area (Å²) in [5.74, 6) is -0.0419. The maximum Gasteiger partial charge on any atom is 0.270 e.